The standard InChI is InChI=1S/C11H14F3N5OS/c1-21-6-7(4-5-20)15-8-2-3-9-16-17-10(11(12,13)14)19(9)18-8/h2-3,7,20H,4-6H2,1H3,(H,15,18). The molecular formula is C11H14F3N5OS. The number of fused-ring (bicyclic) bond motifs is 1. The molecule has 1 unspecified atom stereocenters. The summed E-state index contributed by atoms with van der Waals surface area (Å²) in [4.78, 5) is 0. The van der Waals surface area contributed by atoms with Gasteiger partial charge in [-0.1, -0.05) is 0 Å². The van der Waals surface area contributed by atoms with Crippen LogP contribution in [-0.2, 0) is 6.18 Å². The Morgan fingerprint density at radius 1 is 1.38 bits per heavy atom. The fourth-order valence-corrected chi connectivity index (χ4v) is 2.46. The molecule has 0 radical (unpaired) electrons. The van der Waals surface area contributed by atoms with Crippen LogP contribution in [0.15, 0.2) is 12.1 Å². The van der Waals surface area contributed by atoms with Gasteiger partial charge in [0, 0.05) is 18.4 Å². The molecule has 2 aromatic heterocycles. The van der Waals surface area contributed by atoms with Gasteiger partial charge in [-0.15, -0.1) is 15.3 Å². The second-order valence-corrected chi connectivity index (χ2v) is 5.23. The first-order valence-corrected chi connectivity index (χ1v) is 7.51. The van der Waals surface area contributed by atoms with Gasteiger partial charge in [0.25, 0.3) is 5.82 Å². The van der Waals surface area contributed by atoms with Crippen LogP contribution in [0.2, 0.25) is 0 Å². The molecule has 10 heteroatoms. The topological polar surface area (TPSA) is 75.3 Å². The average molecular weight is 321 g/mol. The lowest BCUT2D eigenvalue weighted by molar-refractivity contribution is -0.146. The van der Waals surface area contributed by atoms with Crippen LogP contribution in [0.5, 0.6) is 0 Å². The van der Waals surface area contributed by atoms with Crippen LogP contribution in [-0.4, -0.2) is 49.6 Å². The molecule has 6 nitrogen and oxygen atoms in total. The van der Waals surface area contributed by atoms with Gasteiger partial charge in [-0.25, -0.2) is 0 Å². The Hall–Kier alpha value is -1.55. The number of thioether (sulfide) groups is 1. The fourth-order valence-electron chi connectivity index (χ4n) is 1.81. The molecule has 0 aliphatic heterocycles. The SMILES string of the molecule is CSCC(CCO)Nc1ccc2nnc(C(F)(F)F)n2n1. The Morgan fingerprint density at radius 3 is 2.76 bits per heavy atom. The van der Waals surface area contributed by atoms with E-state index in [9.17, 15) is 13.2 Å². The van der Waals surface area contributed by atoms with Gasteiger partial charge in [0.15, 0.2) is 5.65 Å². The third kappa shape index (κ3) is 3.76. The van der Waals surface area contributed by atoms with Crippen molar-refractivity contribution < 1.29 is 18.3 Å². The van der Waals surface area contributed by atoms with E-state index in [0.717, 1.165) is 0 Å². The van der Waals surface area contributed by atoms with Crippen molar-refractivity contribution in [2.75, 3.05) is 23.9 Å². The Labute approximate surface area is 122 Å². The van der Waals surface area contributed by atoms with Crippen LogP contribution in [0.4, 0.5) is 19.0 Å². The van der Waals surface area contributed by atoms with E-state index in [0.29, 0.717) is 16.7 Å². The van der Waals surface area contributed by atoms with Gasteiger partial charge in [0.1, 0.15) is 5.82 Å². The minimum atomic E-state index is -4.62. The summed E-state index contributed by atoms with van der Waals surface area (Å²) in [5, 5.41) is 22.4. The summed E-state index contributed by atoms with van der Waals surface area (Å²) >= 11 is 1.57. The highest BCUT2D eigenvalue weighted by Crippen LogP contribution is 2.27. The lowest BCUT2D eigenvalue weighted by Gasteiger charge is -2.17. The van der Waals surface area contributed by atoms with Gasteiger partial charge >= 0.3 is 6.18 Å². The molecule has 0 amide bonds. The number of aliphatic hydroxyl groups excluding tert-OH is 1. The molecule has 0 fully saturated rings. The lowest BCUT2D eigenvalue weighted by atomic mass is 10.2. The number of rotatable bonds is 6. The number of aromatic nitrogens is 4. The van der Waals surface area contributed by atoms with Gasteiger partial charge in [-0.2, -0.15) is 29.4 Å². The molecule has 0 saturated heterocycles. The fraction of sp³-hybridized carbons (Fsp3) is 0.545. The Balaban J connectivity index is 2.28. The van der Waals surface area contributed by atoms with Gasteiger partial charge in [-0.05, 0) is 24.8 Å². The van der Waals surface area contributed by atoms with E-state index in [1.807, 2.05) is 6.26 Å². The largest absolute Gasteiger partial charge is 0.453 e. The zero-order valence-corrected chi connectivity index (χ0v) is 11.9. The second-order valence-electron chi connectivity index (χ2n) is 4.32. The van der Waals surface area contributed by atoms with Crippen LogP contribution >= 0.6 is 11.8 Å². The van der Waals surface area contributed by atoms with Crippen LogP contribution < -0.4 is 5.32 Å². The molecule has 0 bridgehead atoms. The molecule has 21 heavy (non-hydrogen) atoms. The number of aliphatic hydroxyl groups is 1. The summed E-state index contributed by atoms with van der Waals surface area (Å²) < 4.78 is 39.0. The van der Waals surface area contributed by atoms with Gasteiger partial charge in [-0.3, -0.25) is 0 Å². The van der Waals surface area contributed by atoms with Crippen molar-refractivity contribution in [2.45, 2.75) is 18.6 Å². The Morgan fingerprint density at radius 2 is 2.14 bits per heavy atom. The first-order chi connectivity index (χ1) is 9.95. The van der Waals surface area contributed by atoms with Crippen molar-refractivity contribution in [2.24, 2.45) is 0 Å². The van der Waals surface area contributed by atoms with Crippen molar-refractivity contribution in [3.63, 3.8) is 0 Å². The Bertz CT molecular complexity index is 597. The normalized spacial score (nSPS) is 13.6. The minimum Gasteiger partial charge on any atom is -0.396 e. The van der Waals surface area contributed by atoms with Gasteiger partial charge in [0.05, 0.1) is 0 Å². The number of hydrogen-bond acceptors (Lipinski definition) is 6. The third-order valence-corrected chi connectivity index (χ3v) is 3.45. The van der Waals surface area contributed by atoms with Gasteiger partial charge < -0.3 is 10.4 Å². The van der Waals surface area contributed by atoms with E-state index in [1.54, 1.807) is 11.8 Å². The van der Waals surface area contributed by atoms with Crippen LogP contribution in [0.1, 0.15) is 12.2 Å². The van der Waals surface area contributed by atoms with E-state index in [2.05, 4.69) is 20.6 Å². The average Bonchev–Trinajstić information content (AvgIpc) is 2.82. The first kappa shape index (κ1) is 15.8. The summed E-state index contributed by atoms with van der Waals surface area (Å²) in [5.74, 6) is -0.181. The van der Waals surface area contributed by atoms with E-state index >= 15 is 0 Å². The first-order valence-electron chi connectivity index (χ1n) is 6.11. The zero-order valence-electron chi connectivity index (χ0n) is 11.1. The molecule has 0 aliphatic rings. The summed E-state index contributed by atoms with van der Waals surface area (Å²) in [6, 6.07) is 2.86. The number of hydrogen-bond donors (Lipinski definition) is 2. The van der Waals surface area contributed by atoms with E-state index in [4.69, 9.17) is 5.11 Å². The highest BCUT2D eigenvalue weighted by Gasteiger charge is 2.37. The molecule has 2 N–H and O–H groups in total. The van der Waals surface area contributed by atoms with Crippen molar-refractivity contribution >= 4 is 23.2 Å². The van der Waals surface area contributed by atoms with E-state index in [1.165, 1.54) is 12.1 Å². The zero-order chi connectivity index (χ0) is 15.5. The summed E-state index contributed by atoms with van der Waals surface area (Å²) in [5.41, 5.74) is 0.0245. The molecule has 2 heterocycles. The molecule has 0 aliphatic carbocycles. The van der Waals surface area contributed by atoms with Gasteiger partial charge in [0.2, 0.25) is 0 Å². The number of anilines is 1. The van der Waals surface area contributed by atoms with Crippen molar-refractivity contribution in [1.29, 1.82) is 0 Å². The molecule has 0 saturated carbocycles. The lowest BCUT2D eigenvalue weighted by Crippen LogP contribution is -2.25. The maximum Gasteiger partial charge on any atom is 0.453 e. The molecule has 0 aromatic carbocycles. The second kappa shape index (κ2) is 6.48. The number of nitrogens with zero attached hydrogens (tertiary/aromatic N) is 4. The van der Waals surface area contributed by atoms with Crippen LogP contribution in [0.3, 0.4) is 0 Å². The summed E-state index contributed by atoms with van der Waals surface area (Å²) in [6.07, 6.45) is -2.23. The maximum absolute atomic E-state index is 12.8. The monoisotopic (exact) mass is 321 g/mol. The summed E-state index contributed by atoms with van der Waals surface area (Å²) in [6.45, 7) is -0.0130. The number of alkyl halides is 3. The molecule has 2 aromatic rings. The number of halogens is 3. The highest BCUT2D eigenvalue weighted by atomic mass is 32.2. The molecule has 116 valence electrons. The van der Waals surface area contributed by atoms with Crippen molar-refractivity contribution in [3.8, 4) is 0 Å². The molecule has 0 spiro atoms. The van der Waals surface area contributed by atoms with Crippen molar-refractivity contribution in [1.82, 2.24) is 19.8 Å². The third-order valence-electron chi connectivity index (χ3n) is 2.71. The van der Waals surface area contributed by atoms with E-state index < -0.39 is 12.0 Å². The Kier molecular flexibility index (Phi) is 4.88. The molecule has 1 atom stereocenters. The van der Waals surface area contributed by atoms with Crippen LogP contribution in [0, 0.1) is 0 Å². The smallest absolute Gasteiger partial charge is 0.396 e. The predicted molar refractivity (Wildman–Crippen MR) is 73.3 cm³/mol. The quantitative estimate of drug-likeness (QED) is 0.843. The molecular weight excluding hydrogens is 307 g/mol. The maximum atomic E-state index is 12.8. The van der Waals surface area contributed by atoms with Crippen LogP contribution in [0.25, 0.3) is 5.65 Å². The predicted octanol–water partition coefficient (Wildman–Crippen LogP) is 1.67. The van der Waals surface area contributed by atoms with E-state index in [-0.39, 0.29) is 24.1 Å². The highest BCUT2D eigenvalue weighted by molar-refractivity contribution is 7.98. The summed E-state index contributed by atoms with van der Waals surface area (Å²) in [7, 11) is 0. The van der Waals surface area contributed by atoms with Crippen molar-refractivity contribution in [3.05, 3.63) is 18.0 Å². The number of nitrogens with one attached hydrogen (secondary N) is 1. The molecule has 2 rings (SSSR count). The minimum absolute atomic E-state index is 0.0130.